The van der Waals surface area contributed by atoms with Crippen LogP contribution in [0.2, 0.25) is 0 Å². The second-order valence-corrected chi connectivity index (χ2v) is 4.78. The van der Waals surface area contributed by atoms with E-state index < -0.39 is 29.7 Å². The Labute approximate surface area is 120 Å². The van der Waals surface area contributed by atoms with Gasteiger partial charge in [0.05, 0.1) is 12.8 Å². The molecule has 1 saturated heterocycles. The van der Waals surface area contributed by atoms with Gasteiger partial charge in [0.15, 0.2) is 0 Å². The number of anilines is 1. The predicted molar refractivity (Wildman–Crippen MR) is 71.7 cm³/mol. The topological polar surface area (TPSA) is 58.6 Å². The number of benzene rings is 1. The highest BCUT2D eigenvalue weighted by Crippen LogP contribution is 2.21. The van der Waals surface area contributed by atoms with Crippen molar-refractivity contribution in [3.05, 3.63) is 29.8 Å². The Bertz CT molecular complexity index is 551. The summed E-state index contributed by atoms with van der Waals surface area (Å²) in [6.07, 6.45) is 2.08. The quantitative estimate of drug-likeness (QED) is 0.854. The highest BCUT2D eigenvalue weighted by atomic mass is 19.1. The SMILES string of the molecule is COC(=O)[C@H]1CCCCN1C(=O)Nc1ccc(F)cc1F. The average Bonchev–Trinajstić information content (AvgIpc) is 2.49. The molecular formula is C14H16F2N2O3. The molecule has 1 fully saturated rings. The summed E-state index contributed by atoms with van der Waals surface area (Å²) in [5.41, 5.74) is -0.129. The van der Waals surface area contributed by atoms with Gasteiger partial charge in [-0.1, -0.05) is 0 Å². The van der Waals surface area contributed by atoms with Crippen molar-refractivity contribution >= 4 is 17.7 Å². The molecule has 1 atom stereocenters. The molecule has 2 rings (SSSR count). The summed E-state index contributed by atoms with van der Waals surface area (Å²) in [6.45, 7) is 0.383. The maximum atomic E-state index is 13.5. The van der Waals surface area contributed by atoms with Crippen molar-refractivity contribution in [3.8, 4) is 0 Å². The first kappa shape index (κ1) is 15.2. The van der Waals surface area contributed by atoms with Gasteiger partial charge >= 0.3 is 12.0 Å². The number of likely N-dealkylation sites (tertiary alicyclic amines) is 1. The van der Waals surface area contributed by atoms with Crippen LogP contribution in [0, 0.1) is 11.6 Å². The lowest BCUT2D eigenvalue weighted by Crippen LogP contribution is -2.50. The van der Waals surface area contributed by atoms with E-state index in [2.05, 4.69) is 10.1 Å². The monoisotopic (exact) mass is 298 g/mol. The van der Waals surface area contributed by atoms with Gasteiger partial charge in [0.1, 0.15) is 17.7 Å². The number of rotatable bonds is 2. The van der Waals surface area contributed by atoms with E-state index in [0.717, 1.165) is 25.0 Å². The van der Waals surface area contributed by atoms with Crippen molar-refractivity contribution in [2.45, 2.75) is 25.3 Å². The van der Waals surface area contributed by atoms with Gasteiger partial charge in [0, 0.05) is 12.6 Å². The Balaban J connectivity index is 2.12. The number of ether oxygens (including phenoxy) is 1. The van der Waals surface area contributed by atoms with Crippen molar-refractivity contribution in [1.82, 2.24) is 4.90 Å². The van der Waals surface area contributed by atoms with Crippen LogP contribution < -0.4 is 5.32 Å². The Morgan fingerprint density at radius 3 is 2.76 bits per heavy atom. The minimum absolute atomic E-state index is 0.129. The lowest BCUT2D eigenvalue weighted by molar-refractivity contribution is -0.146. The van der Waals surface area contributed by atoms with Crippen molar-refractivity contribution in [2.75, 3.05) is 19.0 Å². The number of amides is 2. The van der Waals surface area contributed by atoms with Gasteiger partial charge in [-0.05, 0) is 31.4 Å². The third kappa shape index (κ3) is 3.48. The smallest absolute Gasteiger partial charge is 0.328 e. The van der Waals surface area contributed by atoms with Gasteiger partial charge in [-0.15, -0.1) is 0 Å². The molecule has 0 aliphatic carbocycles. The van der Waals surface area contributed by atoms with Crippen molar-refractivity contribution in [2.24, 2.45) is 0 Å². The molecule has 1 N–H and O–H groups in total. The van der Waals surface area contributed by atoms with E-state index in [9.17, 15) is 18.4 Å². The van der Waals surface area contributed by atoms with E-state index in [1.54, 1.807) is 0 Å². The standard InChI is InChI=1S/C14H16F2N2O3/c1-21-13(19)12-4-2-3-7-18(12)14(20)17-11-6-5-9(15)8-10(11)16/h5-6,8,12H,2-4,7H2,1H3,(H,17,20)/t12-/m1/s1. The summed E-state index contributed by atoms with van der Waals surface area (Å²) in [7, 11) is 1.26. The van der Waals surface area contributed by atoms with Crippen LogP contribution in [0.15, 0.2) is 18.2 Å². The molecule has 0 radical (unpaired) electrons. The van der Waals surface area contributed by atoms with Gasteiger partial charge in [0.2, 0.25) is 0 Å². The molecule has 0 unspecified atom stereocenters. The Morgan fingerprint density at radius 2 is 2.10 bits per heavy atom. The van der Waals surface area contributed by atoms with E-state index >= 15 is 0 Å². The Kier molecular flexibility index (Phi) is 4.72. The predicted octanol–water partition coefficient (Wildman–Crippen LogP) is 2.52. The van der Waals surface area contributed by atoms with Crippen LogP contribution in [-0.4, -0.2) is 36.6 Å². The number of halogens is 2. The third-order valence-corrected chi connectivity index (χ3v) is 3.41. The minimum Gasteiger partial charge on any atom is -0.467 e. The summed E-state index contributed by atoms with van der Waals surface area (Å²) in [5, 5.41) is 2.35. The maximum Gasteiger partial charge on any atom is 0.328 e. The number of nitrogens with one attached hydrogen (secondary N) is 1. The van der Waals surface area contributed by atoms with Gasteiger partial charge in [-0.25, -0.2) is 18.4 Å². The zero-order chi connectivity index (χ0) is 15.4. The molecule has 0 aromatic heterocycles. The van der Waals surface area contributed by atoms with Crippen LogP contribution in [0.25, 0.3) is 0 Å². The van der Waals surface area contributed by atoms with Crippen LogP contribution in [0.4, 0.5) is 19.3 Å². The number of methoxy groups -OCH3 is 1. The number of carbonyl (C=O) groups is 2. The molecule has 0 saturated carbocycles. The molecule has 21 heavy (non-hydrogen) atoms. The molecular weight excluding hydrogens is 282 g/mol. The molecule has 1 aliphatic rings. The van der Waals surface area contributed by atoms with E-state index in [-0.39, 0.29) is 5.69 Å². The molecule has 1 aromatic rings. The molecule has 1 aromatic carbocycles. The van der Waals surface area contributed by atoms with Crippen LogP contribution in [0.5, 0.6) is 0 Å². The number of nitrogens with zero attached hydrogens (tertiary/aromatic N) is 1. The fourth-order valence-corrected chi connectivity index (χ4v) is 2.33. The zero-order valence-corrected chi connectivity index (χ0v) is 11.6. The summed E-state index contributed by atoms with van der Waals surface area (Å²) in [4.78, 5) is 25.2. The molecule has 0 spiro atoms. The van der Waals surface area contributed by atoms with Crippen LogP contribution in [0.3, 0.4) is 0 Å². The zero-order valence-electron chi connectivity index (χ0n) is 11.6. The fourth-order valence-electron chi connectivity index (χ4n) is 2.33. The van der Waals surface area contributed by atoms with Crippen molar-refractivity contribution < 1.29 is 23.1 Å². The first-order valence-corrected chi connectivity index (χ1v) is 6.63. The van der Waals surface area contributed by atoms with E-state index in [1.807, 2.05) is 0 Å². The average molecular weight is 298 g/mol. The fraction of sp³-hybridized carbons (Fsp3) is 0.429. The number of carbonyl (C=O) groups excluding carboxylic acids is 2. The van der Waals surface area contributed by atoms with Gasteiger partial charge < -0.3 is 15.0 Å². The lowest BCUT2D eigenvalue weighted by atomic mass is 10.0. The number of hydrogen-bond acceptors (Lipinski definition) is 3. The molecule has 7 heteroatoms. The van der Waals surface area contributed by atoms with E-state index in [0.29, 0.717) is 19.0 Å². The van der Waals surface area contributed by atoms with Crippen molar-refractivity contribution in [3.63, 3.8) is 0 Å². The summed E-state index contributed by atoms with van der Waals surface area (Å²) in [5.74, 6) is -2.09. The molecule has 1 aliphatic heterocycles. The van der Waals surface area contributed by atoms with Gasteiger partial charge in [0.25, 0.3) is 0 Å². The molecule has 5 nitrogen and oxygen atoms in total. The first-order chi connectivity index (χ1) is 10.0. The van der Waals surface area contributed by atoms with Gasteiger partial charge in [-0.2, -0.15) is 0 Å². The van der Waals surface area contributed by atoms with E-state index in [1.165, 1.54) is 12.0 Å². The van der Waals surface area contributed by atoms with E-state index in [4.69, 9.17) is 0 Å². The van der Waals surface area contributed by atoms with Crippen molar-refractivity contribution in [1.29, 1.82) is 0 Å². The molecule has 1 heterocycles. The summed E-state index contributed by atoms with van der Waals surface area (Å²) in [6, 6.07) is 1.60. The van der Waals surface area contributed by atoms with Crippen LogP contribution in [-0.2, 0) is 9.53 Å². The number of urea groups is 1. The summed E-state index contributed by atoms with van der Waals surface area (Å²) >= 11 is 0. The third-order valence-electron chi connectivity index (χ3n) is 3.41. The first-order valence-electron chi connectivity index (χ1n) is 6.63. The second kappa shape index (κ2) is 6.51. The highest BCUT2D eigenvalue weighted by molar-refractivity contribution is 5.92. The number of piperidine rings is 1. The molecule has 0 bridgehead atoms. The minimum atomic E-state index is -0.866. The maximum absolute atomic E-state index is 13.5. The lowest BCUT2D eigenvalue weighted by Gasteiger charge is -2.33. The largest absolute Gasteiger partial charge is 0.467 e. The second-order valence-electron chi connectivity index (χ2n) is 4.78. The molecule has 2 amide bonds. The normalized spacial score (nSPS) is 18.2. The summed E-state index contributed by atoms with van der Waals surface area (Å²) < 4.78 is 31.0. The Morgan fingerprint density at radius 1 is 1.33 bits per heavy atom. The number of hydrogen-bond donors (Lipinski definition) is 1. The Hall–Kier alpha value is -2.18. The number of esters is 1. The van der Waals surface area contributed by atoms with Crippen LogP contribution >= 0.6 is 0 Å². The highest BCUT2D eigenvalue weighted by Gasteiger charge is 2.33. The molecule has 114 valence electrons. The van der Waals surface area contributed by atoms with Gasteiger partial charge in [-0.3, -0.25) is 0 Å². The van der Waals surface area contributed by atoms with Crippen LogP contribution in [0.1, 0.15) is 19.3 Å².